The van der Waals surface area contributed by atoms with Gasteiger partial charge in [0.05, 0.1) is 0 Å². The summed E-state index contributed by atoms with van der Waals surface area (Å²) >= 11 is 0. The average Bonchev–Trinajstić information content (AvgIpc) is 3.31. The van der Waals surface area contributed by atoms with Crippen LogP contribution >= 0.6 is 6.83 Å². The van der Waals surface area contributed by atoms with Gasteiger partial charge in [-0.05, 0) is 0 Å². The molecule has 188 valence electrons. The van der Waals surface area contributed by atoms with Crippen LogP contribution in [0.15, 0.2) is 152 Å². The van der Waals surface area contributed by atoms with Gasteiger partial charge in [0.25, 0.3) is 0 Å². The number of hydrogen-bond acceptors (Lipinski definition) is 2. The zero-order chi connectivity index (χ0) is 26.1. The van der Waals surface area contributed by atoms with Crippen LogP contribution in [0.5, 0.6) is 0 Å². The van der Waals surface area contributed by atoms with Crippen molar-refractivity contribution in [3.63, 3.8) is 0 Å². The topological polar surface area (TPSA) is 26.3 Å². The molecule has 1 heterocycles. The molecule has 0 aliphatic carbocycles. The van der Waals surface area contributed by atoms with Crippen molar-refractivity contribution >= 4 is 28.5 Å². The van der Waals surface area contributed by atoms with Crippen molar-refractivity contribution in [1.29, 1.82) is 0 Å². The van der Waals surface area contributed by atoms with E-state index >= 15 is 0 Å². The summed E-state index contributed by atoms with van der Waals surface area (Å²) in [5.74, 6) is 0.00504. The molecule has 1 aliphatic heterocycles. The predicted octanol–water partition coefficient (Wildman–Crippen LogP) is 7.02. The normalized spacial score (nSPS) is 22.7. The Hall–Kier alpha value is -3.84. The molecule has 2 unspecified atom stereocenters. The number of Topliss-reactive ketones (excluding diaryl/α,β-unsaturated/α-hetero) is 1. The van der Waals surface area contributed by atoms with Gasteiger partial charge in [0.15, 0.2) is 0 Å². The fourth-order valence-electron chi connectivity index (χ4n) is 6.55. The molecule has 2 nitrogen and oxygen atoms in total. The number of hydrogen-bond donors (Lipinski definition) is 0. The first-order valence-corrected chi connectivity index (χ1v) is 15.4. The summed E-state index contributed by atoms with van der Waals surface area (Å²) < 4.78 is 7.88. The molecule has 1 aliphatic rings. The summed E-state index contributed by atoms with van der Waals surface area (Å²) in [6, 6.07) is 51.6. The summed E-state index contributed by atoms with van der Waals surface area (Å²) in [6.45, 7) is -1.40. The molecule has 0 amide bonds. The van der Waals surface area contributed by atoms with Crippen LogP contribution in [0.4, 0.5) is 0 Å². The maximum atomic E-state index is 14.7. The number of rotatable bonds is 6. The summed E-state index contributed by atoms with van der Waals surface area (Å²) in [5.41, 5.74) is 0.439. The molecule has 0 spiro atoms. The minimum atomic E-state index is -3.68. The quantitative estimate of drug-likeness (QED) is 0.180. The second-order valence-corrected chi connectivity index (χ2v) is 15.0. The maximum absolute atomic E-state index is 14.7. The number of carbonyl (C=O) groups excluding carboxylic acids is 1. The van der Waals surface area contributed by atoms with E-state index in [0.717, 1.165) is 21.5 Å². The molecule has 2 atom stereocenters. The van der Waals surface area contributed by atoms with E-state index in [0.29, 0.717) is 12.0 Å². The van der Waals surface area contributed by atoms with E-state index in [4.69, 9.17) is 4.52 Å². The van der Waals surface area contributed by atoms with Gasteiger partial charge in [-0.15, -0.1) is 0 Å². The van der Waals surface area contributed by atoms with Crippen molar-refractivity contribution in [3.8, 4) is 0 Å². The van der Waals surface area contributed by atoms with E-state index in [-0.39, 0.29) is 11.4 Å². The fourth-order valence-corrected chi connectivity index (χ4v) is 13.3. The van der Waals surface area contributed by atoms with Crippen molar-refractivity contribution in [2.75, 3.05) is 0 Å². The van der Waals surface area contributed by atoms with Crippen LogP contribution in [0.3, 0.4) is 0 Å². The van der Waals surface area contributed by atoms with E-state index in [9.17, 15) is 4.79 Å². The predicted molar refractivity (Wildman–Crippen MR) is 159 cm³/mol. The van der Waals surface area contributed by atoms with Gasteiger partial charge in [0.2, 0.25) is 0 Å². The van der Waals surface area contributed by atoms with Gasteiger partial charge in [-0.2, -0.15) is 0 Å². The Morgan fingerprint density at radius 2 is 0.974 bits per heavy atom. The SMILES string of the molecule is CC1CC(C(=O)c2ccccc2)(c2ccccc2)OP1(c1ccccc1)(c1ccccc1)c1ccccc1. The third-order valence-electron chi connectivity index (χ3n) is 8.22. The van der Waals surface area contributed by atoms with Crippen LogP contribution in [0.2, 0.25) is 0 Å². The van der Waals surface area contributed by atoms with Gasteiger partial charge in [0, 0.05) is 0 Å². The minimum absolute atomic E-state index is 0.00504. The van der Waals surface area contributed by atoms with Gasteiger partial charge in [-0.3, -0.25) is 0 Å². The second kappa shape index (κ2) is 9.48. The standard InChI is InChI=1S/C35H31O2P/c1-28-27-35(30-19-9-3-10-20-30,34(36)29-17-7-2-8-18-29)37-38(28,31-21-11-4-12-22-31,32-23-13-5-14-24-32)33-25-15-6-16-26-33/h2-26,28H,27H2,1H3. The summed E-state index contributed by atoms with van der Waals surface area (Å²) in [4.78, 5) is 14.7. The molecule has 1 fully saturated rings. The number of benzene rings is 5. The van der Waals surface area contributed by atoms with Crippen molar-refractivity contribution in [1.82, 2.24) is 0 Å². The van der Waals surface area contributed by atoms with E-state index in [1.54, 1.807) is 0 Å². The van der Waals surface area contributed by atoms with Crippen LogP contribution in [0.25, 0.3) is 0 Å². The molecule has 3 heteroatoms. The van der Waals surface area contributed by atoms with Gasteiger partial charge < -0.3 is 0 Å². The Morgan fingerprint density at radius 3 is 1.39 bits per heavy atom. The molecule has 5 aromatic carbocycles. The molecular formula is C35H31O2P. The summed E-state index contributed by atoms with van der Waals surface area (Å²) in [7, 11) is 0. The zero-order valence-electron chi connectivity index (χ0n) is 21.5. The second-order valence-electron chi connectivity index (χ2n) is 10.1. The molecule has 0 bridgehead atoms. The van der Waals surface area contributed by atoms with Crippen molar-refractivity contribution < 1.29 is 9.32 Å². The Labute approximate surface area is 225 Å². The van der Waals surface area contributed by atoms with Gasteiger partial charge in [-0.1, -0.05) is 0 Å². The Morgan fingerprint density at radius 1 is 0.605 bits per heavy atom. The molecular weight excluding hydrogens is 483 g/mol. The van der Waals surface area contributed by atoms with Crippen LogP contribution in [0.1, 0.15) is 29.3 Å². The molecule has 5 aromatic rings. The molecule has 0 aromatic heterocycles. The average molecular weight is 515 g/mol. The van der Waals surface area contributed by atoms with Crippen molar-refractivity contribution in [3.05, 3.63) is 163 Å². The first-order chi connectivity index (χ1) is 18.6. The summed E-state index contributed by atoms with van der Waals surface area (Å²) in [6.07, 6.45) is 0.571. The Kier molecular flexibility index (Phi) is 6.11. The zero-order valence-corrected chi connectivity index (χ0v) is 22.4. The molecule has 0 saturated carbocycles. The molecule has 0 radical (unpaired) electrons. The van der Waals surface area contributed by atoms with E-state index < -0.39 is 12.4 Å². The third-order valence-corrected chi connectivity index (χ3v) is 14.7. The van der Waals surface area contributed by atoms with Gasteiger partial charge >= 0.3 is 225 Å². The number of carbonyl (C=O) groups is 1. The molecule has 1 saturated heterocycles. The fraction of sp³-hybridized carbons (Fsp3) is 0.114. The Bertz CT molecular complexity index is 1440. The first-order valence-electron chi connectivity index (χ1n) is 13.2. The Balaban J connectivity index is 1.75. The van der Waals surface area contributed by atoms with Gasteiger partial charge in [-0.25, -0.2) is 0 Å². The van der Waals surface area contributed by atoms with E-state index in [1.807, 2.05) is 78.9 Å². The van der Waals surface area contributed by atoms with Crippen LogP contribution < -0.4 is 15.9 Å². The van der Waals surface area contributed by atoms with Crippen LogP contribution in [0, 0.1) is 0 Å². The first kappa shape index (κ1) is 24.5. The third kappa shape index (κ3) is 3.38. The van der Waals surface area contributed by atoms with Crippen LogP contribution in [-0.4, -0.2) is 11.4 Å². The van der Waals surface area contributed by atoms with E-state index in [1.165, 1.54) is 0 Å². The van der Waals surface area contributed by atoms with E-state index in [2.05, 4.69) is 79.7 Å². The summed E-state index contributed by atoms with van der Waals surface area (Å²) in [5, 5.41) is 3.42. The molecule has 6 rings (SSSR count). The van der Waals surface area contributed by atoms with Crippen LogP contribution in [-0.2, 0) is 10.1 Å². The molecule has 38 heavy (non-hydrogen) atoms. The van der Waals surface area contributed by atoms with Crippen molar-refractivity contribution in [2.45, 2.75) is 24.6 Å². The van der Waals surface area contributed by atoms with Crippen molar-refractivity contribution in [2.24, 2.45) is 0 Å². The van der Waals surface area contributed by atoms with Gasteiger partial charge in [0.1, 0.15) is 0 Å². The number of ketones is 1. The molecule has 0 N–H and O–H groups in total. The monoisotopic (exact) mass is 514 g/mol.